The van der Waals surface area contributed by atoms with Gasteiger partial charge in [-0.15, -0.1) is 11.3 Å². The molecule has 1 rings (SSSR count). The van der Waals surface area contributed by atoms with Gasteiger partial charge >= 0.3 is 5.97 Å². The van der Waals surface area contributed by atoms with Gasteiger partial charge in [0.1, 0.15) is 6.04 Å². The maximum atomic E-state index is 11.0. The fourth-order valence-electron chi connectivity index (χ4n) is 0.761. The van der Waals surface area contributed by atoms with E-state index in [2.05, 4.69) is 20.7 Å². The number of nitrogens with two attached hydrogens (primary N) is 1. The number of esters is 1. The second kappa shape index (κ2) is 4.02. The Morgan fingerprint density at radius 1 is 1.83 bits per heavy atom. The molecule has 1 atom stereocenters. The van der Waals surface area contributed by atoms with E-state index in [4.69, 9.17) is 5.73 Å². The SMILES string of the molecule is COC(=O)[C@H](N)c1sccc1Br. The Balaban J connectivity index is 2.84. The highest BCUT2D eigenvalue weighted by molar-refractivity contribution is 9.10. The average Bonchev–Trinajstić information content (AvgIpc) is 2.48. The Kier molecular flexibility index (Phi) is 3.25. The molecule has 0 unspecified atom stereocenters. The average molecular weight is 250 g/mol. The minimum atomic E-state index is -0.677. The molecule has 1 aromatic rings. The Morgan fingerprint density at radius 3 is 2.92 bits per heavy atom. The van der Waals surface area contributed by atoms with E-state index in [1.54, 1.807) is 0 Å². The van der Waals surface area contributed by atoms with Gasteiger partial charge in [-0.25, -0.2) is 4.79 Å². The zero-order chi connectivity index (χ0) is 9.14. The Labute approximate surface area is 82.6 Å². The fraction of sp³-hybridized carbons (Fsp3) is 0.286. The summed E-state index contributed by atoms with van der Waals surface area (Å²) < 4.78 is 5.36. The lowest BCUT2D eigenvalue weighted by Crippen LogP contribution is -2.21. The van der Waals surface area contributed by atoms with Crippen molar-refractivity contribution in [1.82, 2.24) is 0 Å². The van der Waals surface area contributed by atoms with Crippen molar-refractivity contribution < 1.29 is 9.53 Å². The van der Waals surface area contributed by atoms with E-state index in [0.717, 1.165) is 9.35 Å². The van der Waals surface area contributed by atoms with E-state index in [-0.39, 0.29) is 0 Å². The van der Waals surface area contributed by atoms with Crippen molar-refractivity contribution >= 4 is 33.2 Å². The topological polar surface area (TPSA) is 52.3 Å². The van der Waals surface area contributed by atoms with Gasteiger partial charge in [-0.1, -0.05) is 0 Å². The van der Waals surface area contributed by atoms with Crippen molar-refractivity contribution in [2.75, 3.05) is 7.11 Å². The number of carbonyl (C=O) groups is 1. The molecule has 0 aliphatic heterocycles. The summed E-state index contributed by atoms with van der Waals surface area (Å²) in [5.74, 6) is -0.418. The van der Waals surface area contributed by atoms with Gasteiger partial charge in [-0.05, 0) is 27.4 Å². The summed E-state index contributed by atoms with van der Waals surface area (Å²) in [4.78, 5) is 11.8. The van der Waals surface area contributed by atoms with Crippen LogP contribution in [-0.2, 0) is 9.53 Å². The van der Waals surface area contributed by atoms with Crippen molar-refractivity contribution in [2.24, 2.45) is 5.73 Å². The molecule has 2 N–H and O–H groups in total. The number of halogens is 1. The van der Waals surface area contributed by atoms with Gasteiger partial charge in [-0.2, -0.15) is 0 Å². The van der Waals surface area contributed by atoms with Crippen LogP contribution in [0.4, 0.5) is 0 Å². The first-order chi connectivity index (χ1) is 5.66. The minimum Gasteiger partial charge on any atom is -0.468 e. The van der Waals surface area contributed by atoms with Gasteiger partial charge in [0.25, 0.3) is 0 Å². The summed E-state index contributed by atoms with van der Waals surface area (Å²) in [6.45, 7) is 0. The molecule has 0 spiro atoms. The second-order valence-corrected chi connectivity index (χ2v) is 3.94. The number of hydrogen-bond acceptors (Lipinski definition) is 4. The molecule has 0 aliphatic carbocycles. The zero-order valence-corrected chi connectivity index (χ0v) is 8.81. The quantitative estimate of drug-likeness (QED) is 0.812. The van der Waals surface area contributed by atoms with Crippen LogP contribution in [0.3, 0.4) is 0 Å². The molecule has 0 saturated heterocycles. The van der Waals surface area contributed by atoms with E-state index in [0.29, 0.717) is 0 Å². The predicted octanol–water partition coefficient (Wildman–Crippen LogP) is 1.68. The van der Waals surface area contributed by atoms with E-state index >= 15 is 0 Å². The number of rotatable bonds is 2. The lowest BCUT2D eigenvalue weighted by atomic mass is 10.2. The van der Waals surface area contributed by atoms with Crippen molar-refractivity contribution in [2.45, 2.75) is 6.04 Å². The van der Waals surface area contributed by atoms with E-state index in [1.807, 2.05) is 11.4 Å². The van der Waals surface area contributed by atoms with Gasteiger partial charge in [0.05, 0.1) is 7.11 Å². The van der Waals surface area contributed by atoms with Gasteiger partial charge in [-0.3, -0.25) is 0 Å². The van der Waals surface area contributed by atoms with Gasteiger partial charge in [0.15, 0.2) is 0 Å². The largest absolute Gasteiger partial charge is 0.468 e. The van der Waals surface area contributed by atoms with Crippen LogP contribution in [0, 0.1) is 0 Å². The molecule has 0 saturated carbocycles. The molecule has 0 radical (unpaired) electrons. The molecule has 0 aliphatic rings. The molecule has 0 aromatic carbocycles. The highest BCUT2D eigenvalue weighted by Gasteiger charge is 2.19. The second-order valence-electron chi connectivity index (χ2n) is 2.13. The van der Waals surface area contributed by atoms with Crippen LogP contribution >= 0.6 is 27.3 Å². The summed E-state index contributed by atoms with van der Waals surface area (Å²) in [5.41, 5.74) is 5.60. The molecule has 0 amide bonds. The molecule has 1 aromatic heterocycles. The number of thiophene rings is 1. The third kappa shape index (κ3) is 1.85. The maximum absolute atomic E-state index is 11.0. The number of hydrogen-bond donors (Lipinski definition) is 1. The third-order valence-corrected chi connectivity index (χ3v) is 3.34. The lowest BCUT2D eigenvalue weighted by Gasteiger charge is -2.06. The normalized spacial score (nSPS) is 12.6. The summed E-state index contributed by atoms with van der Waals surface area (Å²) in [7, 11) is 1.32. The molecule has 1 heterocycles. The van der Waals surface area contributed by atoms with Gasteiger partial charge in [0.2, 0.25) is 0 Å². The van der Waals surface area contributed by atoms with Crippen molar-refractivity contribution in [1.29, 1.82) is 0 Å². The first-order valence-electron chi connectivity index (χ1n) is 3.23. The van der Waals surface area contributed by atoms with Crippen molar-refractivity contribution in [3.05, 3.63) is 20.8 Å². The number of methoxy groups -OCH3 is 1. The van der Waals surface area contributed by atoms with Crippen LogP contribution in [0.15, 0.2) is 15.9 Å². The monoisotopic (exact) mass is 249 g/mol. The van der Waals surface area contributed by atoms with Crippen LogP contribution in [-0.4, -0.2) is 13.1 Å². The molecule has 66 valence electrons. The lowest BCUT2D eigenvalue weighted by molar-refractivity contribution is -0.142. The van der Waals surface area contributed by atoms with Crippen LogP contribution in [0.5, 0.6) is 0 Å². The molecule has 0 bridgehead atoms. The highest BCUT2D eigenvalue weighted by Crippen LogP contribution is 2.28. The Bertz CT molecular complexity index is 287. The van der Waals surface area contributed by atoms with Crippen LogP contribution in [0.25, 0.3) is 0 Å². The molecule has 5 heteroatoms. The van der Waals surface area contributed by atoms with Crippen molar-refractivity contribution in [3.8, 4) is 0 Å². The zero-order valence-electron chi connectivity index (χ0n) is 6.41. The fourth-order valence-corrected chi connectivity index (χ4v) is 2.37. The van der Waals surface area contributed by atoms with E-state index in [1.165, 1.54) is 18.4 Å². The van der Waals surface area contributed by atoms with Crippen LogP contribution in [0.2, 0.25) is 0 Å². The molecule has 3 nitrogen and oxygen atoms in total. The number of ether oxygens (including phenoxy) is 1. The van der Waals surface area contributed by atoms with E-state index < -0.39 is 12.0 Å². The first-order valence-corrected chi connectivity index (χ1v) is 4.90. The maximum Gasteiger partial charge on any atom is 0.328 e. The first kappa shape index (κ1) is 9.70. The third-order valence-electron chi connectivity index (χ3n) is 1.38. The van der Waals surface area contributed by atoms with Gasteiger partial charge < -0.3 is 10.5 Å². The minimum absolute atomic E-state index is 0.418. The highest BCUT2D eigenvalue weighted by atomic mass is 79.9. The molecule has 12 heavy (non-hydrogen) atoms. The van der Waals surface area contributed by atoms with Crippen LogP contribution in [0.1, 0.15) is 10.9 Å². The summed E-state index contributed by atoms with van der Waals surface area (Å²) >= 11 is 4.72. The predicted molar refractivity (Wildman–Crippen MR) is 51.0 cm³/mol. The van der Waals surface area contributed by atoms with Gasteiger partial charge in [0, 0.05) is 9.35 Å². The van der Waals surface area contributed by atoms with E-state index in [9.17, 15) is 4.79 Å². The van der Waals surface area contributed by atoms with Crippen LogP contribution < -0.4 is 5.73 Å². The summed E-state index contributed by atoms with van der Waals surface area (Å²) in [6, 6.07) is 1.17. The summed E-state index contributed by atoms with van der Waals surface area (Å²) in [6.07, 6.45) is 0. The van der Waals surface area contributed by atoms with Crippen molar-refractivity contribution in [3.63, 3.8) is 0 Å². The molecule has 0 fully saturated rings. The Hall–Kier alpha value is -0.390. The molecular weight excluding hydrogens is 242 g/mol. The summed E-state index contributed by atoms with van der Waals surface area (Å²) in [5, 5.41) is 1.86. The smallest absolute Gasteiger partial charge is 0.328 e. The Morgan fingerprint density at radius 2 is 2.50 bits per heavy atom. The number of carbonyl (C=O) groups excluding carboxylic acids is 1. The molecular formula is C7H8BrNO2S. The standard InChI is InChI=1S/C7H8BrNO2S/c1-11-7(10)5(9)6-4(8)2-3-12-6/h2-3,5H,9H2,1H3/t5-/m1/s1.